The van der Waals surface area contributed by atoms with E-state index in [-0.39, 0.29) is 25.3 Å². The highest BCUT2D eigenvalue weighted by atomic mass is 19.4. The van der Waals surface area contributed by atoms with E-state index in [1.54, 1.807) is 6.92 Å². The Hall–Kier alpha value is -1.60. The second-order valence-electron chi connectivity index (χ2n) is 5.31. The van der Waals surface area contributed by atoms with Crippen LogP contribution in [-0.2, 0) is 11.2 Å². The van der Waals surface area contributed by atoms with Crippen LogP contribution < -0.4 is 0 Å². The van der Waals surface area contributed by atoms with Crippen LogP contribution in [0.3, 0.4) is 0 Å². The molecule has 1 amide bonds. The zero-order chi connectivity index (χ0) is 15.5. The highest BCUT2D eigenvalue weighted by molar-refractivity contribution is 5.76. The number of alkyl halides is 3. The van der Waals surface area contributed by atoms with Crippen LogP contribution in [0.15, 0.2) is 4.52 Å². The van der Waals surface area contributed by atoms with Crippen molar-refractivity contribution in [2.45, 2.75) is 45.2 Å². The summed E-state index contributed by atoms with van der Waals surface area (Å²) in [6.07, 6.45) is -2.56. The molecule has 0 spiro atoms. The molecule has 1 fully saturated rings. The molecular formula is C13H18F3N3O2. The molecular weight excluding hydrogens is 287 g/mol. The number of likely N-dealkylation sites (tertiary alicyclic amines) is 1. The maximum absolute atomic E-state index is 12.7. The molecule has 0 saturated carbocycles. The SMILES string of the molecule is Cc1noc(CCCC(=O)N2CCC[C@@H](C(F)(F)F)C2)n1. The topological polar surface area (TPSA) is 59.2 Å². The van der Waals surface area contributed by atoms with Crippen LogP contribution in [0.2, 0.25) is 0 Å². The largest absolute Gasteiger partial charge is 0.393 e. The van der Waals surface area contributed by atoms with Gasteiger partial charge in [0.05, 0.1) is 5.92 Å². The third kappa shape index (κ3) is 4.44. The summed E-state index contributed by atoms with van der Waals surface area (Å²) in [5, 5.41) is 3.63. The van der Waals surface area contributed by atoms with E-state index in [4.69, 9.17) is 4.52 Å². The number of hydrogen-bond acceptors (Lipinski definition) is 4. The van der Waals surface area contributed by atoms with Gasteiger partial charge in [-0.05, 0) is 26.2 Å². The van der Waals surface area contributed by atoms with Crippen LogP contribution in [0.25, 0.3) is 0 Å². The third-order valence-electron chi connectivity index (χ3n) is 3.59. The number of amides is 1. The van der Waals surface area contributed by atoms with Gasteiger partial charge < -0.3 is 9.42 Å². The molecule has 1 saturated heterocycles. The summed E-state index contributed by atoms with van der Waals surface area (Å²) < 4.78 is 43.0. The molecule has 2 rings (SSSR count). The average molecular weight is 305 g/mol. The lowest BCUT2D eigenvalue weighted by atomic mass is 9.97. The van der Waals surface area contributed by atoms with Crippen molar-refractivity contribution >= 4 is 5.91 Å². The Morgan fingerprint density at radius 2 is 2.24 bits per heavy atom. The molecule has 1 aliphatic heterocycles. The van der Waals surface area contributed by atoms with Gasteiger partial charge in [0.1, 0.15) is 0 Å². The van der Waals surface area contributed by atoms with Gasteiger partial charge in [0.15, 0.2) is 5.82 Å². The highest BCUT2D eigenvalue weighted by Crippen LogP contribution is 2.33. The van der Waals surface area contributed by atoms with Crippen molar-refractivity contribution in [3.05, 3.63) is 11.7 Å². The minimum absolute atomic E-state index is 0.106. The lowest BCUT2D eigenvalue weighted by Gasteiger charge is -2.33. The number of rotatable bonds is 4. The fourth-order valence-corrected chi connectivity index (χ4v) is 2.46. The molecule has 0 aliphatic carbocycles. The summed E-state index contributed by atoms with van der Waals surface area (Å²) in [5.41, 5.74) is 0. The number of halogens is 3. The quantitative estimate of drug-likeness (QED) is 0.857. The molecule has 2 heterocycles. The van der Waals surface area contributed by atoms with Gasteiger partial charge >= 0.3 is 6.18 Å². The second-order valence-corrected chi connectivity index (χ2v) is 5.31. The maximum atomic E-state index is 12.7. The summed E-state index contributed by atoms with van der Waals surface area (Å²) in [6, 6.07) is 0. The van der Waals surface area contributed by atoms with Gasteiger partial charge in [0, 0.05) is 25.9 Å². The summed E-state index contributed by atoms with van der Waals surface area (Å²) in [6.45, 7) is 1.89. The molecule has 1 aromatic rings. The van der Waals surface area contributed by atoms with Gasteiger partial charge in [-0.1, -0.05) is 5.16 Å². The monoisotopic (exact) mass is 305 g/mol. The summed E-state index contributed by atoms with van der Waals surface area (Å²) in [7, 11) is 0. The van der Waals surface area contributed by atoms with Crippen LogP contribution in [-0.4, -0.2) is 40.2 Å². The molecule has 1 aromatic heterocycles. The number of aromatic nitrogens is 2. The first kappa shape index (κ1) is 15.8. The van der Waals surface area contributed by atoms with Crippen LogP contribution >= 0.6 is 0 Å². The Morgan fingerprint density at radius 3 is 2.86 bits per heavy atom. The number of aryl methyl sites for hydroxylation is 2. The Bertz CT molecular complexity index is 487. The van der Waals surface area contributed by atoms with Crippen molar-refractivity contribution in [1.29, 1.82) is 0 Å². The predicted molar refractivity (Wildman–Crippen MR) is 67.3 cm³/mol. The minimum Gasteiger partial charge on any atom is -0.342 e. The number of hydrogen-bond donors (Lipinski definition) is 0. The van der Waals surface area contributed by atoms with Crippen LogP contribution in [0.5, 0.6) is 0 Å². The van der Waals surface area contributed by atoms with Crippen LogP contribution in [0.1, 0.15) is 37.4 Å². The van der Waals surface area contributed by atoms with E-state index in [2.05, 4.69) is 10.1 Å². The molecule has 5 nitrogen and oxygen atoms in total. The van der Waals surface area contributed by atoms with E-state index in [1.165, 1.54) is 4.90 Å². The molecule has 0 aromatic carbocycles. The average Bonchev–Trinajstić information content (AvgIpc) is 2.83. The molecule has 118 valence electrons. The Kier molecular flexibility index (Phi) is 4.84. The number of nitrogens with zero attached hydrogens (tertiary/aromatic N) is 3. The standard InChI is InChI=1S/C13H18F3N3O2/c1-9-17-11(21-18-9)5-2-6-12(20)19-7-3-4-10(8-19)13(14,15)16/h10H,2-8H2,1H3/t10-/m1/s1. The number of piperidine rings is 1. The van der Waals surface area contributed by atoms with E-state index >= 15 is 0 Å². The lowest BCUT2D eigenvalue weighted by Crippen LogP contribution is -2.44. The Balaban J connectivity index is 1.77. The van der Waals surface area contributed by atoms with Crippen molar-refractivity contribution in [1.82, 2.24) is 15.0 Å². The van der Waals surface area contributed by atoms with Crippen molar-refractivity contribution in [2.24, 2.45) is 5.92 Å². The van der Waals surface area contributed by atoms with Crippen molar-refractivity contribution in [3.8, 4) is 0 Å². The Morgan fingerprint density at radius 1 is 1.48 bits per heavy atom. The molecule has 8 heteroatoms. The zero-order valence-electron chi connectivity index (χ0n) is 11.8. The van der Waals surface area contributed by atoms with Gasteiger partial charge in [-0.15, -0.1) is 0 Å². The zero-order valence-corrected chi connectivity index (χ0v) is 11.8. The first-order valence-corrected chi connectivity index (χ1v) is 7.00. The summed E-state index contributed by atoms with van der Waals surface area (Å²) >= 11 is 0. The van der Waals surface area contributed by atoms with E-state index < -0.39 is 12.1 Å². The van der Waals surface area contributed by atoms with Gasteiger partial charge in [-0.2, -0.15) is 18.2 Å². The Labute approximate surface area is 120 Å². The third-order valence-corrected chi connectivity index (χ3v) is 3.59. The van der Waals surface area contributed by atoms with Gasteiger partial charge in [-0.25, -0.2) is 0 Å². The first-order chi connectivity index (χ1) is 9.86. The van der Waals surface area contributed by atoms with E-state index in [1.807, 2.05) is 0 Å². The lowest BCUT2D eigenvalue weighted by molar-refractivity contribution is -0.188. The fourth-order valence-electron chi connectivity index (χ4n) is 2.46. The van der Waals surface area contributed by atoms with E-state index in [0.29, 0.717) is 37.5 Å². The number of carbonyl (C=O) groups excluding carboxylic acids is 1. The normalized spacial score (nSPS) is 19.8. The molecule has 1 aliphatic rings. The second kappa shape index (κ2) is 6.44. The predicted octanol–water partition coefficient (Wildman–Crippen LogP) is 2.50. The maximum Gasteiger partial charge on any atom is 0.393 e. The van der Waals surface area contributed by atoms with E-state index in [9.17, 15) is 18.0 Å². The molecule has 0 bridgehead atoms. The molecule has 21 heavy (non-hydrogen) atoms. The highest BCUT2D eigenvalue weighted by Gasteiger charge is 2.42. The molecule has 0 unspecified atom stereocenters. The first-order valence-electron chi connectivity index (χ1n) is 7.00. The smallest absolute Gasteiger partial charge is 0.342 e. The van der Waals surface area contributed by atoms with Crippen molar-refractivity contribution in [2.75, 3.05) is 13.1 Å². The molecule has 0 N–H and O–H groups in total. The molecule has 1 atom stereocenters. The van der Waals surface area contributed by atoms with Crippen LogP contribution in [0, 0.1) is 12.8 Å². The fraction of sp³-hybridized carbons (Fsp3) is 0.769. The van der Waals surface area contributed by atoms with Gasteiger partial charge in [0.25, 0.3) is 0 Å². The summed E-state index contributed by atoms with van der Waals surface area (Å²) in [4.78, 5) is 17.3. The van der Waals surface area contributed by atoms with Crippen molar-refractivity contribution < 1.29 is 22.5 Å². The molecule has 0 radical (unpaired) electrons. The van der Waals surface area contributed by atoms with Crippen LogP contribution in [0.4, 0.5) is 13.2 Å². The number of carbonyl (C=O) groups is 1. The minimum atomic E-state index is -4.22. The summed E-state index contributed by atoms with van der Waals surface area (Å²) in [5.74, 6) is -0.651. The van der Waals surface area contributed by atoms with Gasteiger partial charge in [0.2, 0.25) is 11.8 Å². The van der Waals surface area contributed by atoms with Crippen molar-refractivity contribution in [3.63, 3.8) is 0 Å². The van der Waals surface area contributed by atoms with Gasteiger partial charge in [-0.3, -0.25) is 4.79 Å². The van der Waals surface area contributed by atoms with E-state index in [0.717, 1.165) is 0 Å².